The van der Waals surface area contributed by atoms with Crippen LogP contribution in [-0.2, 0) is 0 Å². The highest BCUT2D eigenvalue weighted by Gasteiger charge is 2.45. The Labute approximate surface area is 72.7 Å². The summed E-state index contributed by atoms with van der Waals surface area (Å²) in [6.07, 6.45) is 5.61. The molecule has 0 radical (unpaired) electrons. The molecule has 2 bridgehead atoms. The summed E-state index contributed by atoms with van der Waals surface area (Å²) in [6, 6.07) is 0. The van der Waals surface area contributed by atoms with Crippen molar-refractivity contribution in [3.8, 4) is 0 Å². The van der Waals surface area contributed by atoms with E-state index in [-0.39, 0.29) is 5.60 Å². The normalized spacial score (nSPS) is 49.6. The third-order valence-electron chi connectivity index (χ3n) is 3.54. The first-order valence-electron chi connectivity index (χ1n) is 4.53. The molecule has 0 aromatic carbocycles. The third-order valence-corrected chi connectivity index (χ3v) is 3.91. The molecular formula is C9H15ClO. The maximum atomic E-state index is 10.1. The smallest absolute Gasteiger partial charge is 0.0687 e. The first kappa shape index (κ1) is 7.88. The minimum Gasteiger partial charge on any atom is -0.390 e. The maximum Gasteiger partial charge on any atom is 0.0687 e. The first-order valence-corrected chi connectivity index (χ1v) is 5.06. The van der Waals surface area contributed by atoms with Gasteiger partial charge in [0.1, 0.15) is 0 Å². The quantitative estimate of drug-likeness (QED) is 0.605. The molecule has 0 aromatic rings. The van der Waals surface area contributed by atoms with Gasteiger partial charge < -0.3 is 5.11 Å². The van der Waals surface area contributed by atoms with E-state index in [0.717, 1.165) is 18.8 Å². The summed E-state index contributed by atoms with van der Waals surface area (Å²) in [4.78, 5) is 0. The third kappa shape index (κ3) is 1.19. The first-order chi connectivity index (χ1) is 5.24. The van der Waals surface area contributed by atoms with Gasteiger partial charge in [-0.3, -0.25) is 0 Å². The van der Waals surface area contributed by atoms with Crippen molar-refractivity contribution < 1.29 is 5.11 Å². The molecule has 0 aromatic heterocycles. The molecule has 3 saturated carbocycles. The lowest BCUT2D eigenvalue weighted by Crippen LogP contribution is -2.48. The van der Waals surface area contributed by atoms with Crippen LogP contribution in [0.1, 0.15) is 32.1 Å². The van der Waals surface area contributed by atoms with E-state index in [0.29, 0.717) is 11.8 Å². The van der Waals surface area contributed by atoms with Crippen LogP contribution < -0.4 is 0 Å². The second-order valence-electron chi connectivity index (χ2n) is 4.13. The highest BCUT2D eigenvalue weighted by atomic mass is 35.5. The molecule has 2 heteroatoms. The lowest BCUT2D eigenvalue weighted by molar-refractivity contribution is -0.0955. The molecule has 0 aliphatic heterocycles. The number of aliphatic hydroxyl groups is 1. The summed E-state index contributed by atoms with van der Waals surface area (Å²) in [5.41, 5.74) is -0.378. The molecule has 0 spiro atoms. The molecule has 0 heterocycles. The van der Waals surface area contributed by atoms with E-state index in [2.05, 4.69) is 0 Å². The van der Waals surface area contributed by atoms with E-state index in [4.69, 9.17) is 11.6 Å². The Morgan fingerprint density at radius 3 is 2.36 bits per heavy atom. The van der Waals surface area contributed by atoms with Gasteiger partial charge >= 0.3 is 0 Å². The van der Waals surface area contributed by atoms with Crippen LogP contribution >= 0.6 is 11.6 Å². The van der Waals surface area contributed by atoms with Crippen molar-refractivity contribution in [2.75, 3.05) is 5.88 Å². The Morgan fingerprint density at radius 2 is 2.00 bits per heavy atom. The minimum atomic E-state index is -0.378. The Morgan fingerprint density at radius 1 is 1.36 bits per heavy atom. The monoisotopic (exact) mass is 174 g/mol. The largest absolute Gasteiger partial charge is 0.390 e. The zero-order valence-corrected chi connectivity index (χ0v) is 7.48. The molecule has 3 aliphatic rings. The summed E-state index contributed by atoms with van der Waals surface area (Å²) in [7, 11) is 0. The number of hydrogen-bond acceptors (Lipinski definition) is 1. The van der Waals surface area contributed by atoms with Crippen LogP contribution in [0.4, 0.5) is 0 Å². The average molecular weight is 175 g/mol. The van der Waals surface area contributed by atoms with Gasteiger partial charge in [-0.2, -0.15) is 0 Å². The second-order valence-corrected chi connectivity index (χ2v) is 4.44. The Balaban J connectivity index is 2.13. The molecule has 3 rings (SSSR count). The van der Waals surface area contributed by atoms with Crippen molar-refractivity contribution >= 4 is 11.6 Å². The van der Waals surface area contributed by atoms with E-state index >= 15 is 0 Å². The topological polar surface area (TPSA) is 20.2 Å². The number of halogens is 1. The average Bonchev–Trinajstić information content (AvgIpc) is 2.05. The van der Waals surface area contributed by atoms with Gasteiger partial charge in [0.2, 0.25) is 0 Å². The maximum absolute atomic E-state index is 10.1. The number of hydrogen-bond donors (Lipinski definition) is 1. The summed E-state index contributed by atoms with van der Waals surface area (Å²) < 4.78 is 0. The van der Waals surface area contributed by atoms with Crippen LogP contribution in [0.3, 0.4) is 0 Å². The van der Waals surface area contributed by atoms with Crippen LogP contribution in [0.15, 0.2) is 0 Å². The van der Waals surface area contributed by atoms with E-state index in [1.54, 1.807) is 0 Å². The molecule has 3 aliphatic carbocycles. The summed E-state index contributed by atoms with van der Waals surface area (Å²) in [5.74, 6) is 1.90. The van der Waals surface area contributed by atoms with Gasteiger partial charge in [-0.1, -0.05) is 0 Å². The standard InChI is InChI=1S/C9H15ClO/c10-6-8-5-7-1-3-9(8,11)4-2-7/h7-8,11H,1-6H2/t7?,8-,9?/m0/s1. The fraction of sp³-hybridized carbons (Fsp3) is 1.00. The highest BCUT2D eigenvalue weighted by Crippen LogP contribution is 2.47. The van der Waals surface area contributed by atoms with Crippen molar-refractivity contribution in [3.63, 3.8) is 0 Å². The van der Waals surface area contributed by atoms with E-state index in [1.165, 1.54) is 19.3 Å². The molecule has 64 valence electrons. The molecule has 1 N–H and O–H groups in total. The predicted octanol–water partition coefficient (Wildman–Crippen LogP) is 2.17. The molecule has 1 nitrogen and oxygen atoms in total. The number of alkyl halides is 1. The fourth-order valence-electron chi connectivity index (χ4n) is 2.65. The van der Waals surface area contributed by atoms with Crippen molar-refractivity contribution in [2.24, 2.45) is 11.8 Å². The molecule has 0 saturated heterocycles. The fourth-order valence-corrected chi connectivity index (χ4v) is 3.06. The lowest BCUT2D eigenvalue weighted by atomic mass is 9.62. The van der Waals surface area contributed by atoms with Crippen LogP contribution in [0.25, 0.3) is 0 Å². The van der Waals surface area contributed by atoms with Crippen molar-refractivity contribution in [1.29, 1.82) is 0 Å². The van der Waals surface area contributed by atoms with Crippen molar-refractivity contribution in [2.45, 2.75) is 37.7 Å². The Kier molecular flexibility index (Phi) is 1.89. The van der Waals surface area contributed by atoms with Gasteiger partial charge in [0.05, 0.1) is 5.60 Å². The molecule has 0 unspecified atom stereocenters. The van der Waals surface area contributed by atoms with Crippen LogP contribution in [-0.4, -0.2) is 16.6 Å². The van der Waals surface area contributed by atoms with E-state index in [9.17, 15) is 5.11 Å². The molecule has 3 fully saturated rings. The van der Waals surface area contributed by atoms with Gasteiger partial charge in [-0.05, 0) is 38.0 Å². The van der Waals surface area contributed by atoms with E-state index < -0.39 is 0 Å². The van der Waals surface area contributed by atoms with Crippen LogP contribution in [0, 0.1) is 11.8 Å². The molecular weight excluding hydrogens is 160 g/mol. The second kappa shape index (κ2) is 2.63. The van der Waals surface area contributed by atoms with Gasteiger partial charge in [-0.15, -0.1) is 11.6 Å². The highest BCUT2D eigenvalue weighted by molar-refractivity contribution is 6.18. The summed E-state index contributed by atoms with van der Waals surface area (Å²) >= 11 is 5.80. The van der Waals surface area contributed by atoms with Gasteiger partial charge in [-0.25, -0.2) is 0 Å². The zero-order chi connectivity index (χ0) is 7.90. The molecule has 0 amide bonds. The van der Waals surface area contributed by atoms with E-state index in [1.807, 2.05) is 0 Å². The molecule has 11 heavy (non-hydrogen) atoms. The molecule has 1 atom stereocenters. The SMILES string of the molecule is OC12CCC(CC1)C[C@H]2CCl. The zero-order valence-electron chi connectivity index (χ0n) is 6.72. The number of rotatable bonds is 1. The lowest BCUT2D eigenvalue weighted by Gasteiger charge is -2.48. The summed E-state index contributed by atoms with van der Waals surface area (Å²) in [5, 5.41) is 10.1. The Bertz CT molecular complexity index is 150. The Hall–Kier alpha value is 0.250. The number of fused-ring (bicyclic) bond motifs is 3. The van der Waals surface area contributed by atoms with Gasteiger partial charge in [0, 0.05) is 11.8 Å². The van der Waals surface area contributed by atoms with Crippen LogP contribution in [0.2, 0.25) is 0 Å². The van der Waals surface area contributed by atoms with Crippen LogP contribution in [0.5, 0.6) is 0 Å². The summed E-state index contributed by atoms with van der Waals surface area (Å²) in [6.45, 7) is 0. The minimum absolute atomic E-state index is 0.378. The van der Waals surface area contributed by atoms with Gasteiger partial charge in [0.15, 0.2) is 0 Å². The van der Waals surface area contributed by atoms with Crippen molar-refractivity contribution in [1.82, 2.24) is 0 Å². The van der Waals surface area contributed by atoms with Gasteiger partial charge in [0.25, 0.3) is 0 Å². The van der Waals surface area contributed by atoms with Crippen molar-refractivity contribution in [3.05, 3.63) is 0 Å². The predicted molar refractivity (Wildman–Crippen MR) is 45.7 cm³/mol.